The van der Waals surface area contributed by atoms with Crippen LogP contribution in [0.3, 0.4) is 0 Å². The molecule has 1 amide bonds. The fraction of sp³-hybridized carbons (Fsp3) is 0.417. The van der Waals surface area contributed by atoms with Crippen molar-refractivity contribution >= 4 is 37.1 Å². The van der Waals surface area contributed by atoms with Gasteiger partial charge >= 0.3 is 0 Å². The second-order valence-corrected chi connectivity index (χ2v) is 9.67. The van der Waals surface area contributed by atoms with Crippen LogP contribution >= 0.6 is 11.6 Å². The minimum Gasteiger partial charge on any atom is -0.266 e. The summed E-state index contributed by atoms with van der Waals surface area (Å²) in [5.74, 6) is 0.0944. The second kappa shape index (κ2) is 5.46. The van der Waals surface area contributed by atoms with Crippen LogP contribution in [-0.2, 0) is 19.6 Å². The summed E-state index contributed by atoms with van der Waals surface area (Å²) in [6.45, 7) is 0. The van der Waals surface area contributed by atoms with Gasteiger partial charge in [0.2, 0.25) is 0 Å². The van der Waals surface area contributed by atoms with Crippen molar-refractivity contribution in [3.8, 4) is 0 Å². The molecule has 1 aromatic rings. The van der Waals surface area contributed by atoms with Crippen LogP contribution < -0.4 is 0 Å². The number of nitrogens with zero attached hydrogens (tertiary/aromatic N) is 1. The molecule has 0 aromatic heterocycles. The van der Waals surface area contributed by atoms with Crippen molar-refractivity contribution in [2.75, 3.05) is 17.8 Å². The van der Waals surface area contributed by atoms with Crippen LogP contribution in [0.4, 0.5) is 0 Å². The summed E-state index contributed by atoms with van der Waals surface area (Å²) >= 11 is 5.90. The minimum atomic E-state index is -3.44. The van der Waals surface area contributed by atoms with E-state index in [1.807, 2.05) is 0 Å². The molecule has 1 heterocycles. The number of carbonyl (C=O) groups excluding carboxylic acids is 1. The zero-order chi connectivity index (χ0) is 15.0. The Balaban J connectivity index is 2.48. The molecule has 1 saturated heterocycles. The molecule has 0 unspecified atom stereocenters. The maximum atomic E-state index is 12.2. The molecule has 0 radical (unpaired) electrons. The molecular formula is C12H14ClNO4S2. The first kappa shape index (κ1) is 15.5. The van der Waals surface area contributed by atoms with Crippen molar-refractivity contribution in [3.63, 3.8) is 0 Å². The van der Waals surface area contributed by atoms with Gasteiger partial charge in [0.1, 0.15) is 0 Å². The number of carbonyl (C=O) groups is 1. The summed E-state index contributed by atoms with van der Waals surface area (Å²) in [5.41, 5.74) is -0.0239. The monoisotopic (exact) mass is 335 g/mol. The van der Waals surface area contributed by atoms with Crippen LogP contribution in [0.1, 0.15) is 23.2 Å². The number of hydrogen-bond donors (Lipinski definition) is 0. The molecule has 1 aliphatic rings. The molecule has 5 nitrogen and oxygen atoms in total. The van der Waals surface area contributed by atoms with Gasteiger partial charge in [-0.25, -0.2) is 12.6 Å². The van der Waals surface area contributed by atoms with Crippen molar-refractivity contribution in [1.82, 2.24) is 0 Å². The first-order valence-electron chi connectivity index (χ1n) is 5.98. The molecule has 0 bridgehead atoms. The fourth-order valence-corrected chi connectivity index (χ4v) is 4.89. The number of benzene rings is 1. The van der Waals surface area contributed by atoms with Crippen molar-refractivity contribution < 1.29 is 17.4 Å². The normalized spacial score (nSPS) is 17.9. The maximum Gasteiger partial charge on any atom is 0.286 e. The van der Waals surface area contributed by atoms with E-state index in [0.717, 1.165) is 19.1 Å². The summed E-state index contributed by atoms with van der Waals surface area (Å²) in [4.78, 5) is 12.1. The fourth-order valence-electron chi connectivity index (χ4n) is 1.95. The minimum absolute atomic E-state index is 0.0122. The lowest BCUT2D eigenvalue weighted by Gasteiger charge is -2.04. The quantitative estimate of drug-likeness (QED) is 0.829. The van der Waals surface area contributed by atoms with Gasteiger partial charge < -0.3 is 0 Å². The molecule has 0 N–H and O–H groups in total. The Hall–Kier alpha value is -0.920. The molecule has 0 aliphatic carbocycles. The predicted molar refractivity (Wildman–Crippen MR) is 78.4 cm³/mol. The van der Waals surface area contributed by atoms with Gasteiger partial charge in [0, 0.05) is 17.8 Å². The highest BCUT2D eigenvalue weighted by Gasteiger charge is 2.21. The van der Waals surface area contributed by atoms with E-state index in [-0.39, 0.29) is 15.5 Å². The van der Waals surface area contributed by atoms with Gasteiger partial charge in [-0.3, -0.25) is 4.79 Å². The molecule has 8 heteroatoms. The summed E-state index contributed by atoms with van der Waals surface area (Å²) < 4.78 is 39.0. The maximum absolute atomic E-state index is 12.2. The van der Waals surface area contributed by atoms with Gasteiger partial charge in [0.05, 0.1) is 25.2 Å². The lowest BCUT2D eigenvalue weighted by atomic mass is 10.2. The van der Waals surface area contributed by atoms with Gasteiger partial charge in [0.25, 0.3) is 5.91 Å². The topological polar surface area (TPSA) is 80.6 Å². The Morgan fingerprint density at radius 2 is 1.90 bits per heavy atom. The Labute approximate surface area is 123 Å². The van der Waals surface area contributed by atoms with Crippen LogP contribution in [0.5, 0.6) is 0 Å². The SMILES string of the molecule is CS(=O)(=O)c1ccc(Cl)c(C(=O)N=S2(=O)CCCC2)c1. The smallest absolute Gasteiger partial charge is 0.266 e. The molecule has 0 atom stereocenters. The summed E-state index contributed by atoms with van der Waals surface area (Å²) in [5, 5.41) is 0.104. The van der Waals surface area contributed by atoms with E-state index in [0.29, 0.717) is 11.5 Å². The highest BCUT2D eigenvalue weighted by Crippen LogP contribution is 2.23. The van der Waals surface area contributed by atoms with E-state index in [1.54, 1.807) is 0 Å². The Kier molecular flexibility index (Phi) is 4.22. The molecule has 110 valence electrons. The van der Waals surface area contributed by atoms with Crippen LogP contribution in [-0.4, -0.2) is 36.3 Å². The Morgan fingerprint density at radius 3 is 2.45 bits per heavy atom. The van der Waals surface area contributed by atoms with Gasteiger partial charge in [-0.2, -0.15) is 4.36 Å². The average Bonchev–Trinajstić information content (AvgIpc) is 2.74. The highest BCUT2D eigenvalue weighted by molar-refractivity contribution is 7.94. The van der Waals surface area contributed by atoms with Crippen LogP contribution in [0.2, 0.25) is 5.02 Å². The molecule has 2 rings (SSSR count). The number of halogens is 1. The van der Waals surface area contributed by atoms with Crippen LogP contribution in [0.15, 0.2) is 27.5 Å². The van der Waals surface area contributed by atoms with E-state index in [9.17, 15) is 17.4 Å². The number of amides is 1. The van der Waals surface area contributed by atoms with Gasteiger partial charge in [0.15, 0.2) is 9.84 Å². The van der Waals surface area contributed by atoms with Crippen molar-refractivity contribution in [3.05, 3.63) is 28.8 Å². The van der Waals surface area contributed by atoms with Gasteiger partial charge in [-0.05, 0) is 31.0 Å². The molecule has 0 spiro atoms. The predicted octanol–water partition coefficient (Wildman–Crippen LogP) is 2.15. The van der Waals surface area contributed by atoms with Crippen LogP contribution in [0.25, 0.3) is 0 Å². The summed E-state index contributed by atoms with van der Waals surface area (Å²) in [6, 6.07) is 3.84. The summed E-state index contributed by atoms with van der Waals surface area (Å²) in [7, 11) is -5.94. The first-order valence-corrected chi connectivity index (χ1v) is 10.1. The third kappa shape index (κ3) is 3.39. The standard InChI is InChI=1S/C12H14ClNO4S2/c1-19(16,17)9-4-5-11(13)10(8-9)12(15)14-20(18)6-2-3-7-20/h4-5,8H,2-3,6-7H2,1H3. The van der Waals surface area contributed by atoms with Crippen molar-refractivity contribution in [2.45, 2.75) is 17.7 Å². The number of rotatable bonds is 2. The second-order valence-electron chi connectivity index (χ2n) is 4.70. The third-order valence-corrected chi connectivity index (χ3v) is 6.81. The molecule has 1 aliphatic heterocycles. The number of sulfone groups is 1. The first-order chi connectivity index (χ1) is 9.21. The van der Waals surface area contributed by atoms with Gasteiger partial charge in [-0.15, -0.1) is 0 Å². The molecule has 1 fully saturated rings. The lowest BCUT2D eigenvalue weighted by Crippen LogP contribution is -2.07. The van der Waals surface area contributed by atoms with Crippen molar-refractivity contribution in [2.24, 2.45) is 4.36 Å². The zero-order valence-electron chi connectivity index (χ0n) is 10.8. The molecule has 0 saturated carbocycles. The van der Waals surface area contributed by atoms with Crippen LogP contribution in [0, 0.1) is 0 Å². The lowest BCUT2D eigenvalue weighted by molar-refractivity contribution is 0.100. The molecular weight excluding hydrogens is 322 g/mol. The third-order valence-electron chi connectivity index (χ3n) is 3.02. The van der Waals surface area contributed by atoms with Crippen molar-refractivity contribution in [1.29, 1.82) is 0 Å². The largest absolute Gasteiger partial charge is 0.286 e. The van der Waals surface area contributed by atoms with Gasteiger partial charge in [-0.1, -0.05) is 11.6 Å². The number of hydrogen-bond acceptors (Lipinski definition) is 4. The Bertz CT molecular complexity index is 765. The Morgan fingerprint density at radius 1 is 1.30 bits per heavy atom. The van der Waals surface area contributed by atoms with E-state index in [4.69, 9.17) is 11.6 Å². The van der Waals surface area contributed by atoms with E-state index < -0.39 is 25.5 Å². The highest BCUT2D eigenvalue weighted by atomic mass is 35.5. The molecule has 20 heavy (non-hydrogen) atoms. The average molecular weight is 336 g/mol. The van der Waals surface area contributed by atoms with E-state index in [2.05, 4.69) is 4.36 Å². The zero-order valence-corrected chi connectivity index (χ0v) is 13.2. The van der Waals surface area contributed by atoms with E-state index in [1.165, 1.54) is 18.2 Å². The summed E-state index contributed by atoms with van der Waals surface area (Å²) in [6.07, 6.45) is 2.61. The van der Waals surface area contributed by atoms with E-state index >= 15 is 0 Å². The molecule has 1 aromatic carbocycles.